The van der Waals surface area contributed by atoms with Crippen molar-refractivity contribution in [1.82, 2.24) is 19.8 Å². The van der Waals surface area contributed by atoms with Crippen molar-refractivity contribution in [2.75, 3.05) is 13.6 Å². The Hall–Kier alpha value is -2.63. The van der Waals surface area contributed by atoms with E-state index in [2.05, 4.69) is 10.3 Å². The highest BCUT2D eigenvalue weighted by Gasteiger charge is 2.18. The molecule has 0 saturated carbocycles. The molecule has 0 aliphatic heterocycles. The number of hydrogen-bond donors (Lipinski definition) is 1. The summed E-state index contributed by atoms with van der Waals surface area (Å²) in [6, 6.07) is 9.64. The maximum absolute atomic E-state index is 12.3. The Kier molecular flexibility index (Phi) is 4.93. The molecule has 116 valence electrons. The normalized spacial score (nSPS) is 10.3. The fraction of sp³-hybridized carbons (Fsp3) is 0.312. The van der Waals surface area contributed by atoms with Gasteiger partial charge in [0.05, 0.1) is 12.7 Å². The lowest BCUT2D eigenvalue weighted by atomic mass is 10.2. The third kappa shape index (κ3) is 3.72. The van der Waals surface area contributed by atoms with Crippen molar-refractivity contribution in [3.05, 3.63) is 53.6 Å². The van der Waals surface area contributed by atoms with Gasteiger partial charge in [-0.3, -0.25) is 9.59 Å². The van der Waals surface area contributed by atoms with Gasteiger partial charge in [0.25, 0.3) is 5.91 Å². The summed E-state index contributed by atoms with van der Waals surface area (Å²) in [6.07, 6.45) is 1.52. The molecule has 0 spiro atoms. The molecule has 0 radical (unpaired) electrons. The largest absolute Gasteiger partial charge is 0.350 e. The second-order valence-electron chi connectivity index (χ2n) is 5.17. The first-order valence-corrected chi connectivity index (χ1v) is 7.03. The van der Waals surface area contributed by atoms with Crippen molar-refractivity contribution in [1.29, 1.82) is 0 Å². The molecule has 6 nitrogen and oxygen atoms in total. The summed E-state index contributed by atoms with van der Waals surface area (Å²) in [6.45, 7) is 2.28. The summed E-state index contributed by atoms with van der Waals surface area (Å²) in [7, 11) is 3.38. The standard InChI is InChI=1S/C16H20N4O2/c1-12-17-10-14(20(12)3)16(22)19(2)11-15(21)18-9-13-7-5-4-6-8-13/h4-8,10H,9,11H2,1-3H3,(H,18,21). The van der Waals surface area contributed by atoms with Crippen molar-refractivity contribution in [3.8, 4) is 0 Å². The first-order chi connectivity index (χ1) is 10.5. The smallest absolute Gasteiger partial charge is 0.272 e. The van der Waals surface area contributed by atoms with Gasteiger partial charge in [-0.05, 0) is 12.5 Å². The molecule has 0 unspecified atom stereocenters. The Morgan fingerprint density at radius 2 is 1.95 bits per heavy atom. The molecule has 1 heterocycles. The Bertz CT molecular complexity index is 664. The van der Waals surface area contributed by atoms with Crippen LogP contribution in [0.15, 0.2) is 36.5 Å². The summed E-state index contributed by atoms with van der Waals surface area (Å²) in [5.74, 6) is 0.335. The molecular weight excluding hydrogens is 280 g/mol. The molecule has 1 aromatic carbocycles. The summed E-state index contributed by atoms with van der Waals surface area (Å²) >= 11 is 0. The minimum atomic E-state index is -0.224. The van der Waals surface area contributed by atoms with Crippen molar-refractivity contribution in [2.45, 2.75) is 13.5 Å². The highest BCUT2D eigenvalue weighted by Crippen LogP contribution is 2.05. The zero-order valence-corrected chi connectivity index (χ0v) is 13.0. The lowest BCUT2D eigenvalue weighted by Gasteiger charge is -2.17. The number of rotatable bonds is 5. The van der Waals surface area contributed by atoms with Gasteiger partial charge in [0.1, 0.15) is 11.5 Å². The van der Waals surface area contributed by atoms with Gasteiger partial charge in [-0.2, -0.15) is 0 Å². The first-order valence-electron chi connectivity index (χ1n) is 7.03. The average molecular weight is 300 g/mol. The van der Waals surface area contributed by atoms with Gasteiger partial charge in [0, 0.05) is 20.6 Å². The molecular formula is C16H20N4O2. The van der Waals surface area contributed by atoms with Gasteiger partial charge >= 0.3 is 0 Å². The van der Waals surface area contributed by atoms with Crippen molar-refractivity contribution in [3.63, 3.8) is 0 Å². The number of aromatic nitrogens is 2. The monoisotopic (exact) mass is 300 g/mol. The maximum Gasteiger partial charge on any atom is 0.272 e. The zero-order chi connectivity index (χ0) is 16.1. The van der Waals surface area contributed by atoms with Crippen LogP contribution >= 0.6 is 0 Å². The molecule has 22 heavy (non-hydrogen) atoms. The Morgan fingerprint density at radius 3 is 2.55 bits per heavy atom. The summed E-state index contributed by atoms with van der Waals surface area (Å²) in [4.78, 5) is 29.7. The van der Waals surface area contributed by atoms with Gasteiger partial charge in [0.15, 0.2) is 0 Å². The Morgan fingerprint density at radius 1 is 1.27 bits per heavy atom. The van der Waals surface area contributed by atoms with Crippen LogP contribution in [0.5, 0.6) is 0 Å². The van der Waals surface area contributed by atoms with E-state index >= 15 is 0 Å². The van der Waals surface area contributed by atoms with Crippen LogP contribution in [0.3, 0.4) is 0 Å². The molecule has 0 fully saturated rings. The number of imidazole rings is 1. The van der Waals surface area contributed by atoms with Gasteiger partial charge in [-0.25, -0.2) is 4.98 Å². The molecule has 0 aliphatic carbocycles. The van der Waals surface area contributed by atoms with E-state index < -0.39 is 0 Å². The van der Waals surface area contributed by atoms with Crippen LogP contribution in [0.1, 0.15) is 21.9 Å². The molecule has 1 aromatic heterocycles. The Labute approximate surface area is 129 Å². The van der Waals surface area contributed by atoms with E-state index in [1.54, 1.807) is 18.7 Å². The maximum atomic E-state index is 12.3. The van der Waals surface area contributed by atoms with E-state index in [9.17, 15) is 9.59 Å². The van der Waals surface area contributed by atoms with E-state index in [4.69, 9.17) is 0 Å². The fourth-order valence-corrected chi connectivity index (χ4v) is 2.04. The van der Waals surface area contributed by atoms with Crippen LogP contribution < -0.4 is 5.32 Å². The quantitative estimate of drug-likeness (QED) is 0.899. The Balaban J connectivity index is 1.88. The van der Waals surface area contributed by atoms with Gasteiger partial charge in [-0.15, -0.1) is 0 Å². The fourth-order valence-electron chi connectivity index (χ4n) is 2.04. The number of aryl methyl sites for hydroxylation is 1. The molecule has 0 atom stereocenters. The molecule has 0 saturated heterocycles. The predicted octanol–water partition coefficient (Wildman–Crippen LogP) is 1.12. The summed E-state index contributed by atoms with van der Waals surface area (Å²) in [5.41, 5.74) is 1.49. The van der Waals surface area contributed by atoms with Crippen LogP contribution in [0.25, 0.3) is 0 Å². The van der Waals surface area contributed by atoms with E-state index in [-0.39, 0.29) is 18.4 Å². The van der Waals surface area contributed by atoms with Crippen LogP contribution in [-0.4, -0.2) is 39.9 Å². The van der Waals surface area contributed by atoms with Gasteiger partial charge in [-0.1, -0.05) is 30.3 Å². The van der Waals surface area contributed by atoms with Crippen molar-refractivity contribution < 1.29 is 9.59 Å². The van der Waals surface area contributed by atoms with Crippen molar-refractivity contribution >= 4 is 11.8 Å². The molecule has 2 rings (SSSR count). The van der Waals surface area contributed by atoms with E-state index in [1.807, 2.05) is 37.3 Å². The van der Waals surface area contributed by atoms with Crippen LogP contribution in [-0.2, 0) is 18.4 Å². The summed E-state index contributed by atoms with van der Waals surface area (Å²) < 4.78 is 1.71. The zero-order valence-electron chi connectivity index (χ0n) is 13.0. The lowest BCUT2D eigenvalue weighted by molar-refractivity contribution is -0.121. The molecule has 2 amide bonds. The number of hydrogen-bond acceptors (Lipinski definition) is 3. The minimum absolute atomic E-state index is 0.00982. The molecule has 2 aromatic rings. The van der Waals surface area contributed by atoms with Gasteiger partial charge in [0.2, 0.25) is 5.91 Å². The molecule has 1 N–H and O–H groups in total. The second kappa shape index (κ2) is 6.89. The van der Waals surface area contributed by atoms with Crippen LogP contribution in [0.2, 0.25) is 0 Å². The second-order valence-corrected chi connectivity index (χ2v) is 5.17. The number of likely N-dealkylation sites (N-methyl/N-ethyl adjacent to an activating group) is 1. The first kappa shape index (κ1) is 15.8. The average Bonchev–Trinajstić information content (AvgIpc) is 2.85. The van der Waals surface area contributed by atoms with Crippen molar-refractivity contribution in [2.24, 2.45) is 7.05 Å². The third-order valence-electron chi connectivity index (χ3n) is 3.50. The highest BCUT2D eigenvalue weighted by atomic mass is 16.2. The predicted molar refractivity (Wildman–Crippen MR) is 83.2 cm³/mol. The number of carbonyl (C=O) groups excluding carboxylic acids is 2. The van der Waals surface area contributed by atoms with Crippen LogP contribution in [0.4, 0.5) is 0 Å². The SMILES string of the molecule is Cc1ncc(C(=O)N(C)CC(=O)NCc2ccccc2)n1C. The number of nitrogens with one attached hydrogen (secondary N) is 1. The van der Waals surface area contributed by atoms with E-state index in [1.165, 1.54) is 11.1 Å². The summed E-state index contributed by atoms with van der Waals surface area (Å²) in [5, 5.41) is 2.80. The molecule has 6 heteroatoms. The highest BCUT2D eigenvalue weighted by molar-refractivity contribution is 5.94. The molecule has 0 aliphatic rings. The van der Waals surface area contributed by atoms with E-state index in [0.717, 1.165) is 11.4 Å². The minimum Gasteiger partial charge on any atom is -0.350 e. The number of carbonyl (C=O) groups is 2. The topological polar surface area (TPSA) is 67.2 Å². The number of nitrogens with zero attached hydrogens (tertiary/aromatic N) is 3. The lowest BCUT2D eigenvalue weighted by Crippen LogP contribution is -2.38. The van der Waals surface area contributed by atoms with Gasteiger partial charge < -0.3 is 14.8 Å². The van der Waals surface area contributed by atoms with E-state index in [0.29, 0.717) is 12.2 Å². The van der Waals surface area contributed by atoms with Crippen LogP contribution in [0, 0.1) is 6.92 Å². The number of benzene rings is 1. The number of amides is 2. The molecule has 0 bridgehead atoms. The third-order valence-corrected chi connectivity index (χ3v) is 3.50.